The molecule has 2 atom stereocenters. The van der Waals surface area contributed by atoms with Crippen molar-refractivity contribution in [3.8, 4) is 0 Å². The molecule has 0 aromatic rings. The molecule has 0 amide bonds. The van der Waals surface area contributed by atoms with E-state index in [4.69, 9.17) is 9.47 Å². The molecule has 3 fully saturated rings. The van der Waals surface area contributed by atoms with Crippen LogP contribution in [0.3, 0.4) is 0 Å². The molecule has 9 nitrogen and oxygen atoms in total. The van der Waals surface area contributed by atoms with Gasteiger partial charge in [0.1, 0.15) is 0 Å². The van der Waals surface area contributed by atoms with E-state index in [1.807, 2.05) is 0 Å². The normalized spacial score (nSPS) is 27.9. The van der Waals surface area contributed by atoms with E-state index in [-0.39, 0.29) is 11.9 Å². The third-order valence-corrected chi connectivity index (χ3v) is 7.04. The van der Waals surface area contributed by atoms with Gasteiger partial charge in [-0.1, -0.05) is 0 Å². The van der Waals surface area contributed by atoms with Crippen LogP contribution in [0.2, 0.25) is 0 Å². The van der Waals surface area contributed by atoms with Crippen LogP contribution in [-0.4, -0.2) is 108 Å². The Balaban J connectivity index is 1.37. The summed E-state index contributed by atoms with van der Waals surface area (Å²) in [7, 11) is -1.58. The highest BCUT2D eigenvalue weighted by atomic mass is 32.2. The molecule has 0 bridgehead atoms. The van der Waals surface area contributed by atoms with Gasteiger partial charge in [0, 0.05) is 59.0 Å². The number of likely N-dealkylation sites (tertiary alicyclic amines) is 1. The fraction of sp³-hybridized carbons (Fsp3) is 0.944. The van der Waals surface area contributed by atoms with E-state index >= 15 is 0 Å². The van der Waals surface area contributed by atoms with Gasteiger partial charge >= 0.3 is 0 Å². The predicted molar refractivity (Wildman–Crippen MR) is 109 cm³/mol. The minimum atomic E-state index is -3.32. The standard InChI is InChI=1S/C18H35N5O4S/c1-19-18(23-7-5-16(15-23)22-8-11-26-12-9-22)20-6-13-28(24,25)21-14-17-4-2-3-10-27-17/h16-17,21H,2-15H2,1H3,(H,19,20). The number of hydrogen-bond acceptors (Lipinski definition) is 6. The summed E-state index contributed by atoms with van der Waals surface area (Å²) in [5.41, 5.74) is 0. The molecular weight excluding hydrogens is 382 g/mol. The third kappa shape index (κ3) is 6.55. The zero-order valence-corrected chi connectivity index (χ0v) is 17.8. The third-order valence-electron chi connectivity index (χ3n) is 5.70. The average molecular weight is 418 g/mol. The summed E-state index contributed by atoms with van der Waals surface area (Å²) < 4.78 is 38.2. The summed E-state index contributed by atoms with van der Waals surface area (Å²) in [6, 6.07) is 0.517. The number of aliphatic imine (C=N–C) groups is 1. The van der Waals surface area contributed by atoms with Crippen molar-refractivity contribution in [2.24, 2.45) is 4.99 Å². The first-order chi connectivity index (χ1) is 13.6. The zero-order valence-electron chi connectivity index (χ0n) is 16.9. The maximum Gasteiger partial charge on any atom is 0.213 e. The number of ether oxygens (including phenoxy) is 2. The lowest BCUT2D eigenvalue weighted by Gasteiger charge is -2.32. The second-order valence-electron chi connectivity index (χ2n) is 7.67. The highest BCUT2D eigenvalue weighted by Crippen LogP contribution is 2.17. The Morgan fingerprint density at radius 3 is 2.68 bits per heavy atom. The summed E-state index contributed by atoms with van der Waals surface area (Å²) in [6.07, 6.45) is 4.20. The Morgan fingerprint density at radius 2 is 1.96 bits per heavy atom. The van der Waals surface area contributed by atoms with Crippen LogP contribution in [0.4, 0.5) is 0 Å². The van der Waals surface area contributed by atoms with E-state index in [9.17, 15) is 8.42 Å². The maximum absolute atomic E-state index is 12.2. The minimum absolute atomic E-state index is 0.00553. The quantitative estimate of drug-likeness (QED) is 0.424. The predicted octanol–water partition coefficient (Wildman–Crippen LogP) is -0.543. The number of morpholine rings is 1. The van der Waals surface area contributed by atoms with Crippen LogP contribution in [0.1, 0.15) is 25.7 Å². The van der Waals surface area contributed by atoms with Gasteiger partial charge in [0.25, 0.3) is 0 Å². The lowest BCUT2D eigenvalue weighted by atomic mass is 10.1. The maximum atomic E-state index is 12.2. The molecule has 3 saturated heterocycles. The van der Waals surface area contributed by atoms with E-state index in [1.54, 1.807) is 7.05 Å². The van der Waals surface area contributed by atoms with E-state index in [0.29, 0.717) is 19.1 Å². The summed E-state index contributed by atoms with van der Waals surface area (Å²) in [6.45, 7) is 6.87. The van der Waals surface area contributed by atoms with Crippen molar-refractivity contribution in [3.63, 3.8) is 0 Å². The van der Waals surface area contributed by atoms with Crippen molar-refractivity contribution < 1.29 is 17.9 Å². The molecule has 3 rings (SSSR count). The van der Waals surface area contributed by atoms with Crippen molar-refractivity contribution in [3.05, 3.63) is 0 Å². The summed E-state index contributed by atoms with van der Waals surface area (Å²) in [5, 5.41) is 3.21. The fourth-order valence-corrected chi connectivity index (χ4v) is 5.02. The number of guanidine groups is 1. The summed E-state index contributed by atoms with van der Waals surface area (Å²) >= 11 is 0. The Kier molecular flexibility index (Phi) is 8.34. The number of nitrogens with one attached hydrogen (secondary N) is 2. The molecule has 3 aliphatic rings. The van der Waals surface area contributed by atoms with Crippen LogP contribution < -0.4 is 10.0 Å². The van der Waals surface area contributed by atoms with E-state index in [1.165, 1.54) is 0 Å². The zero-order chi connectivity index (χ0) is 19.8. The lowest BCUT2D eigenvalue weighted by molar-refractivity contribution is 0.0194. The summed E-state index contributed by atoms with van der Waals surface area (Å²) in [5.74, 6) is 0.806. The molecule has 0 aromatic heterocycles. The fourth-order valence-electron chi connectivity index (χ4n) is 4.06. The SMILES string of the molecule is CN=C(NCCS(=O)(=O)NCC1CCCCO1)N1CCC(N2CCOCC2)C1. The largest absolute Gasteiger partial charge is 0.379 e. The number of nitrogens with zero attached hydrogens (tertiary/aromatic N) is 3. The lowest BCUT2D eigenvalue weighted by Crippen LogP contribution is -2.47. The molecule has 0 radical (unpaired) electrons. The van der Waals surface area contributed by atoms with E-state index in [0.717, 1.165) is 77.6 Å². The number of hydrogen-bond donors (Lipinski definition) is 2. The van der Waals surface area contributed by atoms with Crippen LogP contribution in [0.25, 0.3) is 0 Å². The summed E-state index contributed by atoms with van der Waals surface area (Å²) in [4.78, 5) is 9.04. The molecule has 0 saturated carbocycles. The van der Waals surface area contributed by atoms with Gasteiger partial charge in [0.15, 0.2) is 5.96 Å². The molecule has 3 heterocycles. The Labute approximate surface area is 168 Å². The molecule has 10 heteroatoms. The Bertz CT molecular complexity index is 603. The second-order valence-corrected chi connectivity index (χ2v) is 9.59. The van der Waals surface area contributed by atoms with Gasteiger partial charge in [0.2, 0.25) is 10.0 Å². The van der Waals surface area contributed by atoms with Crippen molar-refractivity contribution >= 4 is 16.0 Å². The van der Waals surface area contributed by atoms with Crippen LogP contribution in [0, 0.1) is 0 Å². The highest BCUT2D eigenvalue weighted by Gasteiger charge is 2.30. The number of sulfonamides is 1. The first-order valence-electron chi connectivity index (χ1n) is 10.4. The smallest absolute Gasteiger partial charge is 0.213 e. The van der Waals surface area contributed by atoms with Gasteiger partial charge in [-0.25, -0.2) is 13.1 Å². The number of rotatable bonds is 7. The molecule has 0 spiro atoms. The van der Waals surface area contributed by atoms with Crippen LogP contribution >= 0.6 is 0 Å². The van der Waals surface area contributed by atoms with Crippen molar-refractivity contribution in [1.29, 1.82) is 0 Å². The average Bonchev–Trinajstić information content (AvgIpc) is 3.21. The van der Waals surface area contributed by atoms with Gasteiger partial charge in [-0.15, -0.1) is 0 Å². The topological polar surface area (TPSA) is 95.5 Å². The monoisotopic (exact) mass is 417 g/mol. The first-order valence-corrected chi connectivity index (χ1v) is 12.1. The molecule has 2 N–H and O–H groups in total. The first kappa shape index (κ1) is 21.8. The molecule has 0 aromatic carbocycles. The Hall–Kier alpha value is -0.940. The van der Waals surface area contributed by atoms with Crippen molar-refractivity contribution in [2.45, 2.75) is 37.8 Å². The van der Waals surface area contributed by atoms with E-state index in [2.05, 4.69) is 24.8 Å². The molecule has 0 aliphatic carbocycles. The van der Waals surface area contributed by atoms with Gasteiger partial charge < -0.3 is 19.7 Å². The van der Waals surface area contributed by atoms with Gasteiger partial charge in [-0.05, 0) is 25.7 Å². The molecule has 3 aliphatic heterocycles. The van der Waals surface area contributed by atoms with Crippen LogP contribution in [0.5, 0.6) is 0 Å². The van der Waals surface area contributed by atoms with Gasteiger partial charge in [-0.3, -0.25) is 9.89 Å². The highest BCUT2D eigenvalue weighted by molar-refractivity contribution is 7.89. The van der Waals surface area contributed by atoms with Crippen molar-refractivity contribution in [1.82, 2.24) is 19.8 Å². The van der Waals surface area contributed by atoms with Gasteiger partial charge in [0.05, 0.1) is 25.1 Å². The van der Waals surface area contributed by atoms with Crippen LogP contribution in [-0.2, 0) is 19.5 Å². The molecular formula is C18H35N5O4S. The molecule has 162 valence electrons. The molecule has 2 unspecified atom stereocenters. The van der Waals surface area contributed by atoms with Crippen molar-refractivity contribution in [2.75, 3.05) is 71.9 Å². The van der Waals surface area contributed by atoms with Gasteiger partial charge in [-0.2, -0.15) is 0 Å². The van der Waals surface area contributed by atoms with E-state index < -0.39 is 10.0 Å². The Morgan fingerprint density at radius 1 is 1.14 bits per heavy atom. The molecule has 28 heavy (non-hydrogen) atoms. The van der Waals surface area contributed by atoms with Crippen LogP contribution in [0.15, 0.2) is 4.99 Å². The minimum Gasteiger partial charge on any atom is -0.379 e. The second kappa shape index (κ2) is 10.7.